The Bertz CT molecular complexity index is 3010. The number of nitrogens with zero attached hydrogens (tertiary/aromatic N) is 1. The van der Waals surface area contributed by atoms with Crippen LogP contribution in [0.4, 0.5) is 0 Å². The van der Waals surface area contributed by atoms with Crippen molar-refractivity contribution in [2.75, 3.05) is 0 Å². The van der Waals surface area contributed by atoms with E-state index in [9.17, 15) is 0 Å². The molecule has 0 bridgehead atoms. The van der Waals surface area contributed by atoms with Crippen LogP contribution in [0.1, 0.15) is 22.3 Å². The Morgan fingerprint density at radius 3 is 1.43 bits per heavy atom. The highest BCUT2D eigenvalue weighted by atomic mass is 16.5. The molecular weight excluding hydrogens is 643 g/mol. The molecule has 1 spiro atoms. The maximum Gasteiger partial charge on any atom is 0.132 e. The third kappa shape index (κ3) is 3.87. The van der Waals surface area contributed by atoms with Crippen molar-refractivity contribution in [3.8, 4) is 39.4 Å². The van der Waals surface area contributed by atoms with Gasteiger partial charge in [-0.25, -0.2) is 0 Å². The lowest BCUT2D eigenvalue weighted by Crippen LogP contribution is -2.32. The van der Waals surface area contributed by atoms with E-state index in [1.807, 2.05) is 0 Å². The van der Waals surface area contributed by atoms with Gasteiger partial charge in [-0.1, -0.05) is 133 Å². The summed E-state index contributed by atoms with van der Waals surface area (Å²) in [6.07, 6.45) is 0. The zero-order valence-corrected chi connectivity index (χ0v) is 28.8. The fraction of sp³-hybridized carbons (Fsp3) is 0.0196. The average molecular weight is 674 g/mol. The quantitative estimate of drug-likeness (QED) is 0.178. The fourth-order valence-corrected chi connectivity index (χ4v) is 9.50. The van der Waals surface area contributed by atoms with E-state index in [4.69, 9.17) is 4.74 Å². The van der Waals surface area contributed by atoms with E-state index in [0.717, 1.165) is 17.2 Å². The fourth-order valence-electron chi connectivity index (χ4n) is 9.50. The first-order valence-corrected chi connectivity index (χ1v) is 18.3. The lowest BCUT2D eigenvalue weighted by Gasteiger charge is -2.39. The van der Waals surface area contributed by atoms with E-state index in [0.29, 0.717) is 0 Å². The van der Waals surface area contributed by atoms with E-state index >= 15 is 0 Å². The van der Waals surface area contributed by atoms with E-state index < -0.39 is 5.41 Å². The molecule has 2 nitrogen and oxygen atoms in total. The van der Waals surface area contributed by atoms with Crippen molar-refractivity contribution in [2.24, 2.45) is 0 Å². The smallest absolute Gasteiger partial charge is 0.132 e. The Morgan fingerprint density at radius 1 is 0.358 bits per heavy atom. The lowest BCUT2D eigenvalue weighted by molar-refractivity contribution is 0.436. The number of hydrogen-bond acceptors (Lipinski definition) is 1. The van der Waals surface area contributed by atoms with E-state index in [1.54, 1.807) is 0 Å². The molecule has 53 heavy (non-hydrogen) atoms. The Kier molecular flexibility index (Phi) is 5.73. The number of hydrogen-bond donors (Lipinski definition) is 0. The molecule has 2 heteroatoms. The molecule has 2 heterocycles. The summed E-state index contributed by atoms with van der Waals surface area (Å²) in [7, 11) is 0. The predicted molar refractivity (Wildman–Crippen MR) is 219 cm³/mol. The van der Waals surface area contributed by atoms with Crippen molar-refractivity contribution < 1.29 is 4.74 Å². The van der Waals surface area contributed by atoms with Crippen molar-refractivity contribution in [1.82, 2.24) is 4.57 Å². The molecular formula is C51H31NO. The second kappa shape index (κ2) is 10.6. The SMILES string of the molecule is c1ccc2c(c1)Oc1ccc(-c3ccc(-n4c5cc6ccccc6cc5c5cc6ccccc6cc54)cc3)cc1C21c2ccccc2-c2ccccc21. The van der Waals surface area contributed by atoms with Crippen molar-refractivity contribution >= 4 is 43.4 Å². The minimum absolute atomic E-state index is 0.484. The van der Waals surface area contributed by atoms with Crippen molar-refractivity contribution in [3.63, 3.8) is 0 Å². The van der Waals surface area contributed by atoms with Gasteiger partial charge in [0, 0.05) is 27.6 Å². The first kappa shape index (κ1) is 28.8. The molecule has 0 saturated carbocycles. The molecule has 1 aromatic heterocycles. The van der Waals surface area contributed by atoms with Crippen LogP contribution in [0.3, 0.4) is 0 Å². The summed E-state index contributed by atoms with van der Waals surface area (Å²) in [4.78, 5) is 0. The molecule has 10 aromatic rings. The molecule has 2 aliphatic rings. The molecule has 0 radical (unpaired) electrons. The third-order valence-electron chi connectivity index (χ3n) is 11.8. The van der Waals surface area contributed by atoms with Crippen LogP contribution in [0.15, 0.2) is 188 Å². The van der Waals surface area contributed by atoms with Crippen molar-refractivity contribution in [1.29, 1.82) is 0 Å². The summed E-state index contributed by atoms with van der Waals surface area (Å²) in [5.74, 6) is 1.82. The normalized spacial score (nSPS) is 13.6. The largest absolute Gasteiger partial charge is 0.457 e. The van der Waals surface area contributed by atoms with Gasteiger partial charge in [-0.05, 0) is 110 Å². The first-order valence-electron chi connectivity index (χ1n) is 18.3. The maximum atomic E-state index is 6.69. The van der Waals surface area contributed by atoms with Crippen LogP contribution in [0, 0.1) is 0 Å². The predicted octanol–water partition coefficient (Wildman–Crippen LogP) is 13.2. The van der Waals surface area contributed by atoms with Gasteiger partial charge < -0.3 is 9.30 Å². The number of rotatable bonds is 2. The van der Waals surface area contributed by atoms with Crippen LogP contribution in [-0.4, -0.2) is 4.57 Å². The summed E-state index contributed by atoms with van der Waals surface area (Å²) < 4.78 is 9.13. The zero-order valence-electron chi connectivity index (χ0n) is 28.8. The van der Waals surface area contributed by atoms with Crippen molar-refractivity contribution in [3.05, 3.63) is 210 Å². The number of aromatic nitrogens is 1. The standard InChI is InChI=1S/C51H31NO/c1-3-13-35-30-47-41(27-33(35)11-1)42-28-34-12-2-4-14-36(34)31-48(42)52(47)38-24-21-32(22-25-38)37-23-26-50-46(29-37)51(45-19-9-10-20-49(45)53-50)43-17-7-5-15-39(43)40-16-6-8-18-44(40)51/h1-31H. The molecule has 0 unspecified atom stereocenters. The van der Waals surface area contributed by atoms with Crippen LogP contribution in [0.2, 0.25) is 0 Å². The summed E-state index contributed by atoms with van der Waals surface area (Å²) in [5.41, 5.74) is 13.0. The van der Waals surface area contributed by atoms with E-state index in [2.05, 4.69) is 193 Å². The van der Waals surface area contributed by atoms with Crippen LogP contribution in [0.25, 0.3) is 71.3 Å². The molecule has 0 saturated heterocycles. The van der Waals surface area contributed by atoms with Gasteiger partial charge in [0.05, 0.1) is 16.4 Å². The molecule has 0 atom stereocenters. The van der Waals surface area contributed by atoms with Gasteiger partial charge in [-0.3, -0.25) is 0 Å². The molecule has 246 valence electrons. The monoisotopic (exact) mass is 673 g/mol. The number of benzene rings is 9. The third-order valence-corrected chi connectivity index (χ3v) is 11.8. The van der Waals surface area contributed by atoms with Crippen LogP contribution < -0.4 is 4.74 Å². The second-order valence-electron chi connectivity index (χ2n) is 14.5. The molecule has 0 fully saturated rings. The molecule has 12 rings (SSSR count). The summed E-state index contributed by atoms with van der Waals surface area (Å²) in [6.45, 7) is 0. The Hall–Kier alpha value is -6.90. The Labute approximate surface area is 306 Å². The highest BCUT2D eigenvalue weighted by Crippen LogP contribution is 2.62. The number of para-hydroxylation sites is 1. The van der Waals surface area contributed by atoms with Crippen LogP contribution >= 0.6 is 0 Å². The molecule has 0 N–H and O–H groups in total. The first-order chi connectivity index (χ1) is 26.3. The minimum Gasteiger partial charge on any atom is -0.457 e. The average Bonchev–Trinajstić information content (AvgIpc) is 3.68. The number of ether oxygens (including phenoxy) is 1. The summed E-state index contributed by atoms with van der Waals surface area (Å²) >= 11 is 0. The van der Waals surface area contributed by atoms with E-state index in [1.165, 1.54) is 87.9 Å². The second-order valence-corrected chi connectivity index (χ2v) is 14.5. The van der Waals surface area contributed by atoms with Crippen molar-refractivity contribution in [2.45, 2.75) is 5.41 Å². The topological polar surface area (TPSA) is 14.2 Å². The molecule has 0 amide bonds. The molecule has 9 aromatic carbocycles. The maximum absolute atomic E-state index is 6.69. The lowest BCUT2D eigenvalue weighted by atomic mass is 9.66. The van der Waals surface area contributed by atoms with Gasteiger partial charge in [0.2, 0.25) is 0 Å². The molecule has 1 aliphatic heterocycles. The minimum atomic E-state index is -0.484. The zero-order chi connectivity index (χ0) is 34.7. The van der Waals surface area contributed by atoms with E-state index in [-0.39, 0.29) is 0 Å². The van der Waals surface area contributed by atoms with Gasteiger partial charge >= 0.3 is 0 Å². The van der Waals surface area contributed by atoms with Gasteiger partial charge in [-0.15, -0.1) is 0 Å². The van der Waals surface area contributed by atoms with Gasteiger partial charge in [0.25, 0.3) is 0 Å². The summed E-state index contributed by atoms with van der Waals surface area (Å²) in [5, 5.41) is 7.54. The van der Waals surface area contributed by atoms with Gasteiger partial charge in [-0.2, -0.15) is 0 Å². The molecule has 1 aliphatic carbocycles. The Morgan fingerprint density at radius 2 is 0.830 bits per heavy atom. The van der Waals surface area contributed by atoms with Crippen LogP contribution in [-0.2, 0) is 5.41 Å². The Balaban J connectivity index is 1.05. The van der Waals surface area contributed by atoms with Gasteiger partial charge in [0.15, 0.2) is 0 Å². The van der Waals surface area contributed by atoms with Crippen LogP contribution in [0.5, 0.6) is 11.5 Å². The highest BCUT2D eigenvalue weighted by Gasteiger charge is 2.51. The van der Waals surface area contributed by atoms with Gasteiger partial charge in [0.1, 0.15) is 11.5 Å². The highest BCUT2D eigenvalue weighted by molar-refractivity contribution is 6.16. The summed E-state index contributed by atoms with van der Waals surface area (Å²) in [6, 6.07) is 69.0. The number of fused-ring (bicyclic) bond motifs is 14.